The van der Waals surface area contributed by atoms with Crippen LogP contribution in [0, 0.1) is 5.92 Å². The van der Waals surface area contributed by atoms with Crippen molar-refractivity contribution < 1.29 is 43.6 Å². The number of ether oxygens (including phenoxy) is 2. The number of aliphatic hydroxyl groups is 1. The van der Waals surface area contributed by atoms with Crippen LogP contribution in [0.5, 0.6) is 11.5 Å². The van der Waals surface area contributed by atoms with Crippen LogP contribution in [-0.2, 0) is 20.9 Å². The maximum atomic E-state index is 14.1. The Bertz CT molecular complexity index is 1990. The average Bonchev–Trinajstić information content (AvgIpc) is 3.75. The number of amides is 1. The van der Waals surface area contributed by atoms with E-state index >= 15 is 0 Å². The molecule has 1 amide bonds. The lowest BCUT2D eigenvalue weighted by atomic mass is 9.87. The van der Waals surface area contributed by atoms with Gasteiger partial charge in [0.2, 0.25) is 18.6 Å². The van der Waals surface area contributed by atoms with Gasteiger partial charge in [-0.3, -0.25) is 9.59 Å². The number of carboxylic acid groups (broad SMARTS) is 2. The topological polar surface area (TPSA) is 160 Å². The number of fused-ring (bicyclic) bond motifs is 3. The largest absolute Gasteiger partial charge is 0.481 e. The van der Waals surface area contributed by atoms with Gasteiger partial charge in [-0.2, -0.15) is 0 Å². The molecular formula is C38H36N2O9. The van der Waals surface area contributed by atoms with Crippen molar-refractivity contribution in [2.45, 2.75) is 50.8 Å². The van der Waals surface area contributed by atoms with E-state index in [0.29, 0.717) is 29.4 Å². The monoisotopic (exact) mass is 664 g/mol. The van der Waals surface area contributed by atoms with Crippen molar-refractivity contribution in [2.24, 2.45) is 5.92 Å². The summed E-state index contributed by atoms with van der Waals surface area (Å²) in [6.45, 7) is 2.25. The Morgan fingerprint density at radius 1 is 0.898 bits per heavy atom. The summed E-state index contributed by atoms with van der Waals surface area (Å²) in [5.41, 5.74) is 3.16. The quantitative estimate of drug-likeness (QED) is 0.124. The van der Waals surface area contributed by atoms with E-state index < -0.39 is 30.0 Å². The van der Waals surface area contributed by atoms with Gasteiger partial charge in [0, 0.05) is 24.9 Å². The SMILES string of the molecule is CC(C(C/C=C/c1nc2ccccc2o1)c1ccc2c(c1)OCO2)N(Cc1ccc2ccccc2c1)C(=O)CC[C@@H](C(=O)O)[C@H](O)C(=O)O. The van der Waals surface area contributed by atoms with Gasteiger partial charge in [0.1, 0.15) is 5.52 Å². The smallest absolute Gasteiger partial charge is 0.333 e. The maximum absolute atomic E-state index is 14.1. The molecule has 4 aromatic carbocycles. The highest BCUT2D eigenvalue weighted by atomic mass is 16.7. The first-order valence-electron chi connectivity index (χ1n) is 16.0. The third-order valence-corrected chi connectivity index (χ3v) is 8.97. The van der Waals surface area contributed by atoms with Crippen LogP contribution >= 0.6 is 0 Å². The molecule has 5 aromatic rings. The molecule has 0 spiro atoms. The number of carboxylic acids is 2. The number of allylic oxidation sites excluding steroid dienone is 1. The van der Waals surface area contributed by atoms with Gasteiger partial charge in [-0.15, -0.1) is 0 Å². The van der Waals surface area contributed by atoms with Crippen molar-refractivity contribution in [2.75, 3.05) is 6.79 Å². The second-order valence-electron chi connectivity index (χ2n) is 12.1. The highest BCUT2D eigenvalue weighted by Gasteiger charge is 2.34. The number of aromatic nitrogens is 1. The number of aliphatic carboxylic acids is 2. The Morgan fingerprint density at radius 2 is 1.65 bits per heavy atom. The number of benzene rings is 4. The maximum Gasteiger partial charge on any atom is 0.333 e. The number of rotatable bonds is 14. The summed E-state index contributed by atoms with van der Waals surface area (Å²) in [6, 6.07) is 26.5. The first-order chi connectivity index (χ1) is 23.7. The highest BCUT2D eigenvalue weighted by Crippen LogP contribution is 2.38. The first-order valence-corrected chi connectivity index (χ1v) is 16.0. The van der Waals surface area contributed by atoms with Gasteiger partial charge in [-0.05, 0) is 78.1 Å². The van der Waals surface area contributed by atoms with Crippen molar-refractivity contribution >= 4 is 45.8 Å². The molecule has 2 heterocycles. The van der Waals surface area contributed by atoms with Gasteiger partial charge in [-0.1, -0.05) is 60.7 Å². The second kappa shape index (κ2) is 14.6. The minimum absolute atomic E-state index is 0.107. The fourth-order valence-electron chi connectivity index (χ4n) is 6.25. The molecule has 11 nitrogen and oxygen atoms in total. The molecule has 0 radical (unpaired) electrons. The number of nitrogens with zero attached hydrogens (tertiary/aromatic N) is 2. The molecule has 3 N–H and O–H groups in total. The van der Waals surface area contributed by atoms with Crippen molar-refractivity contribution in [3.63, 3.8) is 0 Å². The molecule has 4 atom stereocenters. The van der Waals surface area contributed by atoms with E-state index in [1.54, 1.807) is 11.0 Å². The van der Waals surface area contributed by atoms with Gasteiger partial charge in [-0.25, -0.2) is 9.78 Å². The molecule has 0 aliphatic carbocycles. The van der Waals surface area contributed by atoms with Crippen molar-refractivity contribution in [1.29, 1.82) is 0 Å². The molecule has 0 saturated heterocycles. The lowest BCUT2D eigenvalue weighted by Crippen LogP contribution is -2.42. The van der Waals surface area contributed by atoms with Crippen molar-refractivity contribution in [3.05, 3.63) is 108 Å². The number of carbonyl (C=O) groups is 3. The zero-order valence-electron chi connectivity index (χ0n) is 26.8. The van der Waals surface area contributed by atoms with Gasteiger partial charge < -0.3 is 34.1 Å². The third kappa shape index (κ3) is 7.57. The lowest BCUT2D eigenvalue weighted by Gasteiger charge is -2.35. The average molecular weight is 665 g/mol. The van der Waals surface area contributed by atoms with E-state index in [1.807, 2.05) is 97.9 Å². The summed E-state index contributed by atoms with van der Waals surface area (Å²) in [5, 5.41) is 31.0. The summed E-state index contributed by atoms with van der Waals surface area (Å²) in [4.78, 5) is 43.6. The van der Waals surface area contributed by atoms with E-state index in [-0.39, 0.29) is 38.0 Å². The molecule has 49 heavy (non-hydrogen) atoms. The van der Waals surface area contributed by atoms with Crippen molar-refractivity contribution in [1.82, 2.24) is 9.88 Å². The predicted octanol–water partition coefficient (Wildman–Crippen LogP) is 6.24. The van der Waals surface area contributed by atoms with Crippen LogP contribution in [0.1, 0.15) is 49.1 Å². The molecule has 0 fully saturated rings. The fourth-order valence-corrected chi connectivity index (χ4v) is 6.25. The summed E-state index contributed by atoms with van der Waals surface area (Å²) >= 11 is 0. The van der Waals surface area contributed by atoms with Gasteiger partial charge in [0.05, 0.1) is 5.92 Å². The molecular weight excluding hydrogens is 628 g/mol. The Hall–Kier alpha value is -5.68. The highest BCUT2D eigenvalue weighted by molar-refractivity contribution is 5.84. The second-order valence-corrected chi connectivity index (χ2v) is 12.1. The normalized spacial score (nSPS) is 14.9. The van der Waals surface area contributed by atoms with E-state index in [9.17, 15) is 29.7 Å². The minimum Gasteiger partial charge on any atom is -0.481 e. The third-order valence-electron chi connectivity index (χ3n) is 8.97. The van der Waals surface area contributed by atoms with Crippen LogP contribution in [0.15, 0.2) is 95.4 Å². The molecule has 252 valence electrons. The van der Waals surface area contributed by atoms with Gasteiger partial charge in [0.15, 0.2) is 23.2 Å². The zero-order chi connectivity index (χ0) is 34.5. The molecule has 2 unspecified atom stereocenters. The van der Waals surface area contributed by atoms with Crippen LogP contribution in [0.4, 0.5) is 0 Å². The molecule has 1 aliphatic heterocycles. The number of hydrogen-bond acceptors (Lipinski definition) is 8. The van der Waals surface area contributed by atoms with E-state index in [2.05, 4.69) is 4.98 Å². The molecule has 0 bridgehead atoms. The molecule has 1 aliphatic rings. The molecule has 11 heteroatoms. The number of carbonyl (C=O) groups excluding carboxylic acids is 1. The summed E-state index contributed by atoms with van der Waals surface area (Å²) in [6.07, 6.45) is 1.43. The summed E-state index contributed by atoms with van der Waals surface area (Å²) in [7, 11) is 0. The number of para-hydroxylation sites is 2. The Morgan fingerprint density at radius 3 is 2.43 bits per heavy atom. The lowest BCUT2D eigenvalue weighted by molar-refractivity contribution is -0.160. The van der Waals surface area contributed by atoms with E-state index in [4.69, 9.17) is 13.9 Å². The van der Waals surface area contributed by atoms with Crippen molar-refractivity contribution in [3.8, 4) is 11.5 Å². The Labute approximate surface area is 282 Å². The Kier molecular flexibility index (Phi) is 9.91. The molecule has 0 saturated carbocycles. The summed E-state index contributed by atoms with van der Waals surface area (Å²) < 4.78 is 17.1. The van der Waals surface area contributed by atoms with Crippen LogP contribution in [0.2, 0.25) is 0 Å². The predicted molar refractivity (Wildman–Crippen MR) is 181 cm³/mol. The zero-order valence-corrected chi connectivity index (χ0v) is 26.8. The minimum atomic E-state index is -2.14. The van der Waals surface area contributed by atoms with Gasteiger partial charge in [0.25, 0.3) is 0 Å². The molecule has 1 aromatic heterocycles. The van der Waals surface area contributed by atoms with E-state index in [0.717, 1.165) is 27.4 Å². The van der Waals surface area contributed by atoms with Crippen LogP contribution in [0.3, 0.4) is 0 Å². The van der Waals surface area contributed by atoms with Crippen LogP contribution in [0.25, 0.3) is 27.9 Å². The number of hydrogen-bond donors (Lipinski definition) is 3. The Balaban J connectivity index is 1.33. The van der Waals surface area contributed by atoms with Crippen LogP contribution < -0.4 is 9.47 Å². The van der Waals surface area contributed by atoms with Gasteiger partial charge >= 0.3 is 11.9 Å². The number of oxazole rings is 1. The fraction of sp³-hybridized carbons (Fsp3) is 0.263. The number of aliphatic hydroxyl groups excluding tert-OH is 1. The summed E-state index contributed by atoms with van der Waals surface area (Å²) in [5.74, 6) is -3.79. The standard InChI is InChI=1S/C38H36N2O9/c1-23(28(27-15-17-32-33(20-27)48-22-47-32)9-6-12-34-39-30-10-4-5-11-31(30)49-34)40(21-24-13-14-25-7-2-3-8-26(25)19-24)35(41)18-16-29(37(43)44)36(42)38(45)46/h2-8,10-15,17,19-20,23,28-29,36,42H,9,16,18,21-22H2,1H3,(H,43,44)(H,45,46)/b12-6+/t23?,28?,29-,36+/m1/s1. The van der Waals surface area contributed by atoms with E-state index in [1.165, 1.54) is 0 Å². The molecule has 6 rings (SSSR count). The first kappa shape index (κ1) is 33.2. The van der Waals surface area contributed by atoms with Crippen LogP contribution in [-0.4, -0.2) is 62.0 Å².